The first kappa shape index (κ1) is 21.7. The minimum absolute atomic E-state index is 0.0290. The lowest BCUT2D eigenvalue weighted by Crippen LogP contribution is -2.27. The summed E-state index contributed by atoms with van der Waals surface area (Å²) in [6, 6.07) is 5.09. The first-order chi connectivity index (χ1) is 14.5. The lowest BCUT2D eigenvalue weighted by Gasteiger charge is -2.18. The Morgan fingerprint density at radius 3 is 2.77 bits per heavy atom. The van der Waals surface area contributed by atoms with E-state index in [9.17, 15) is 4.79 Å². The van der Waals surface area contributed by atoms with E-state index >= 15 is 0 Å². The normalized spacial score (nSPS) is 11.5. The van der Waals surface area contributed by atoms with E-state index in [0.717, 1.165) is 13.1 Å². The molecule has 0 aliphatic rings. The first-order valence-electron chi connectivity index (χ1n) is 8.98. The molecule has 0 unspecified atom stereocenters. The van der Waals surface area contributed by atoms with Crippen molar-refractivity contribution in [2.24, 2.45) is 5.10 Å². The van der Waals surface area contributed by atoms with Crippen molar-refractivity contribution in [3.8, 4) is 5.82 Å². The van der Waals surface area contributed by atoms with E-state index in [2.05, 4.69) is 40.7 Å². The Kier molecular flexibility index (Phi) is 6.98. The smallest absolute Gasteiger partial charge is 0.293 e. The second-order valence-corrected chi connectivity index (χ2v) is 6.86. The van der Waals surface area contributed by atoms with Crippen LogP contribution < -0.4 is 11.2 Å². The highest BCUT2D eigenvalue weighted by molar-refractivity contribution is 6.43. The third-order valence-electron chi connectivity index (χ3n) is 4.29. The van der Waals surface area contributed by atoms with Gasteiger partial charge in [-0.05, 0) is 29.5 Å². The highest BCUT2D eigenvalue weighted by atomic mass is 35.5. The van der Waals surface area contributed by atoms with E-state index in [-0.39, 0.29) is 17.3 Å². The molecule has 2 aromatic heterocycles. The Bertz CT molecular complexity index is 1060. The van der Waals surface area contributed by atoms with E-state index in [1.807, 2.05) is 13.8 Å². The molecule has 0 saturated heterocycles. The molecule has 3 aromatic rings. The molecule has 0 spiro atoms. The zero-order valence-electron chi connectivity index (χ0n) is 16.2. The third kappa shape index (κ3) is 4.58. The summed E-state index contributed by atoms with van der Waals surface area (Å²) in [5, 5.41) is 19.9. The Morgan fingerprint density at radius 2 is 2.10 bits per heavy atom. The van der Waals surface area contributed by atoms with Crippen LogP contribution in [0.25, 0.3) is 5.82 Å². The molecule has 13 heteroatoms. The number of amides is 1. The summed E-state index contributed by atoms with van der Waals surface area (Å²) in [6.07, 6.45) is 1.39. The number of anilines is 1. The molecule has 3 N–H and O–H groups in total. The van der Waals surface area contributed by atoms with Crippen LogP contribution in [0.4, 0.5) is 5.82 Å². The topological polar surface area (TPSA) is 140 Å². The zero-order valence-corrected chi connectivity index (χ0v) is 17.7. The van der Waals surface area contributed by atoms with Gasteiger partial charge in [-0.3, -0.25) is 9.69 Å². The fraction of sp³-hybridized carbons (Fsp3) is 0.294. The number of carbonyl (C=O) groups is 1. The molecular formula is C17H19Cl2N9O2. The van der Waals surface area contributed by atoms with E-state index in [4.69, 9.17) is 28.9 Å². The van der Waals surface area contributed by atoms with Gasteiger partial charge in [0.1, 0.15) is 0 Å². The number of nitrogens with zero attached hydrogens (tertiary/aromatic N) is 7. The van der Waals surface area contributed by atoms with E-state index in [1.54, 1.807) is 18.2 Å². The van der Waals surface area contributed by atoms with Crippen LogP contribution in [0, 0.1) is 0 Å². The van der Waals surface area contributed by atoms with Crippen LogP contribution in [-0.2, 0) is 6.54 Å². The second-order valence-electron chi connectivity index (χ2n) is 6.07. The Balaban J connectivity index is 1.87. The number of aromatic nitrogens is 5. The SMILES string of the molecule is CCN(CC)Cc1c(C(=O)N/N=C\c2cccc(Cl)c2Cl)nnn1-c1nonc1N. The van der Waals surface area contributed by atoms with E-state index in [0.29, 0.717) is 27.8 Å². The lowest BCUT2D eigenvalue weighted by molar-refractivity contribution is 0.0948. The quantitative estimate of drug-likeness (QED) is 0.391. The van der Waals surface area contributed by atoms with Crippen LogP contribution in [-0.4, -0.2) is 55.4 Å². The van der Waals surface area contributed by atoms with Crippen molar-refractivity contribution in [1.82, 2.24) is 35.6 Å². The van der Waals surface area contributed by atoms with Crippen LogP contribution in [0.5, 0.6) is 0 Å². The van der Waals surface area contributed by atoms with Gasteiger partial charge in [0.2, 0.25) is 11.6 Å². The molecule has 2 heterocycles. The fourth-order valence-electron chi connectivity index (χ4n) is 2.62. The number of nitrogens with one attached hydrogen (secondary N) is 1. The summed E-state index contributed by atoms with van der Waals surface area (Å²) >= 11 is 12.1. The first-order valence-corrected chi connectivity index (χ1v) is 9.74. The molecule has 11 nitrogen and oxygen atoms in total. The summed E-state index contributed by atoms with van der Waals surface area (Å²) in [5.74, 6) is -0.382. The number of benzene rings is 1. The Morgan fingerprint density at radius 1 is 1.33 bits per heavy atom. The minimum atomic E-state index is -0.562. The number of rotatable bonds is 8. The lowest BCUT2D eigenvalue weighted by atomic mass is 10.2. The van der Waals surface area contributed by atoms with Crippen LogP contribution in [0.1, 0.15) is 35.6 Å². The van der Waals surface area contributed by atoms with Crippen molar-refractivity contribution in [1.29, 1.82) is 0 Å². The minimum Gasteiger partial charge on any atom is -0.378 e. The standard InChI is InChI=1S/C17H19Cl2N9O2/c1-3-27(4-2)9-12-14(22-26-28(12)16-15(20)24-30-25-16)17(29)23-21-8-10-6-5-7-11(18)13(10)19/h5-8H,3-4,9H2,1-2H3,(H2,20,24)(H,23,29)/b21-8-. The predicted octanol–water partition coefficient (Wildman–Crippen LogP) is 2.15. The highest BCUT2D eigenvalue weighted by Crippen LogP contribution is 2.24. The number of hydrogen-bond acceptors (Lipinski definition) is 9. The van der Waals surface area contributed by atoms with E-state index < -0.39 is 5.91 Å². The van der Waals surface area contributed by atoms with Gasteiger partial charge in [-0.2, -0.15) is 9.78 Å². The molecule has 3 rings (SSSR count). The van der Waals surface area contributed by atoms with Gasteiger partial charge in [-0.25, -0.2) is 10.1 Å². The van der Waals surface area contributed by atoms with Gasteiger partial charge < -0.3 is 5.73 Å². The van der Waals surface area contributed by atoms with Gasteiger partial charge in [0.05, 0.1) is 22.0 Å². The Hall–Kier alpha value is -3.02. The van der Waals surface area contributed by atoms with Crippen LogP contribution in [0.2, 0.25) is 10.0 Å². The van der Waals surface area contributed by atoms with Gasteiger partial charge >= 0.3 is 0 Å². The van der Waals surface area contributed by atoms with Crippen molar-refractivity contribution in [3.63, 3.8) is 0 Å². The molecule has 0 bridgehead atoms. The largest absolute Gasteiger partial charge is 0.378 e. The number of halogens is 2. The maximum atomic E-state index is 12.7. The number of nitrogens with two attached hydrogens (primary N) is 1. The van der Waals surface area contributed by atoms with Crippen molar-refractivity contribution in [2.45, 2.75) is 20.4 Å². The van der Waals surface area contributed by atoms with Gasteiger partial charge in [0.25, 0.3) is 5.91 Å². The number of hydrogen-bond donors (Lipinski definition) is 2. The van der Waals surface area contributed by atoms with Gasteiger partial charge in [-0.1, -0.05) is 54.4 Å². The van der Waals surface area contributed by atoms with Crippen LogP contribution in [0.3, 0.4) is 0 Å². The summed E-state index contributed by atoms with van der Waals surface area (Å²) in [6.45, 7) is 5.88. The maximum Gasteiger partial charge on any atom is 0.293 e. The van der Waals surface area contributed by atoms with Gasteiger partial charge in [-0.15, -0.1) is 5.10 Å². The van der Waals surface area contributed by atoms with Crippen LogP contribution >= 0.6 is 23.2 Å². The molecule has 158 valence electrons. The summed E-state index contributed by atoms with van der Waals surface area (Å²) in [4.78, 5) is 14.8. The van der Waals surface area contributed by atoms with Crippen molar-refractivity contribution < 1.29 is 9.42 Å². The molecule has 30 heavy (non-hydrogen) atoms. The second kappa shape index (κ2) is 9.65. The molecule has 0 fully saturated rings. The molecule has 0 aliphatic heterocycles. The summed E-state index contributed by atoms with van der Waals surface area (Å²) < 4.78 is 5.97. The van der Waals surface area contributed by atoms with Gasteiger partial charge in [0, 0.05) is 12.1 Å². The fourth-order valence-corrected chi connectivity index (χ4v) is 2.98. The Labute approximate surface area is 181 Å². The summed E-state index contributed by atoms with van der Waals surface area (Å²) in [7, 11) is 0. The molecule has 1 amide bonds. The number of nitrogen functional groups attached to an aromatic ring is 1. The zero-order chi connectivity index (χ0) is 21.7. The van der Waals surface area contributed by atoms with E-state index in [1.165, 1.54) is 10.9 Å². The number of hydrazone groups is 1. The monoisotopic (exact) mass is 451 g/mol. The molecule has 0 radical (unpaired) electrons. The average Bonchev–Trinajstić information content (AvgIpc) is 3.34. The highest BCUT2D eigenvalue weighted by Gasteiger charge is 2.24. The molecule has 0 aliphatic carbocycles. The van der Waals surface area contributed by atoms with Gasteiger partial charge in [0.15, 0.2) is 5.69 Å². The van der Waals surface area contributed by atoms with Crippen molar-refractivity contribution in [2.75, 3.05) is 18.8 Å². The summed E-state index contributed by atoms with van der Waals surface area (Å²) in [5.41, 5.74) is 9.29. The third-order valence-corrected chi connectivity index (χ3v) is 5.13. The average molecular weight is 452 g/mol. The van der Waals surface area contributed by atoms with Crippen molar-refractivity contribution in [3.05, 3.63) is 45.2 Å². The predicted molar refractivity (Wildman–Crippen MR) is 112 cm³/mol. The van der Waals surface area contributed by atoms with Crippen molar-refractivity contribution >= 4 is 41.1 Å². The maximum absolute atomic E-state index is 12.7. The molecule has 0 atom stereocenters. The molecule has 1 aromatic carbocycles. The molecular weight excluding hydrogens is 433 g/mol. The number of carbonyl (C=O) groups excluding carboxylic acids is 1. The van der Waals surface area contributed by atoms with Crippen LogP contribution in [0.15, 0.2) is 27.9 Å². The molecule has 0 saturated carbocycles.